The monoisotopic (exact) mass is 318 g/mol. The zero-order valence-electron chi connectivity index (χ0n) is 11.2. The van der Waals surface area contributed by atoms with Crippen LogP contribution in [0.1, 0.15) is 35.4 Å². The number of nitrogens with two attached hydrogens (primary N) is 1. The van der Waals surface area contributed by atoms with Crippen LogP contribution in [-0.2, 0) is 14.8 Å². The van der Waals surface area contributed by atoms with E-state index in [4.69, 9.17) is 5.73 Å². The molecule has 3 N–H and O–H groups in total. The van der Waals surface area contributed by atoms with E-state index in [9.17, 15) is 13.2 Å². The van der Waals surface area contributed by atoms with Crippen molar-refractivity contribution in [3.05, 3.63) is 16.3 Å². The standard InChI is InChI=1S/C12H18N2O4S2/c1-18-11(15)10-6-9(7-19-10)20(16,17)14-12(8-13)4-2-3-5-12/h6-7,14H,2-5,8,13H2,1H3. The summed E-state index contributed by atoms with van der Waals surface area (Å²) in [7, 11) is -2.40. The Labute approximate surface area is 122 Å². The summed E-state index contributed by atoms with van der Waals surface area (Å²) < 4.78 is 32.0. The summed E-state index contributed by atoms with van der Waals surface area (Å²) in [5, 5.41) is 1.44. The van der Waals surface area contributed by atoms with Crippen molar-refractivity contribution in [2.24, 2.45) is 5.73 Å². The Morgan fingerprint density at radius 3 is 2.70 bits per heavy atom. The molecule has 1 fully saturated rings. The van der Waals surface area contributed by atoms with Crippen LogP contribution in [0.5, 0.6) is 0 Å². The van der Waals surface area contributed by atoms with E-state index in [1.54, 1.807) is 0 Å². The van der Waals surface area contributed by atoms with Gasteiger partial charge in [0.15, 0.2) is 0 Å². The third kappa shape index (κ3) is 3.03. The summed E-state index contributed by atoms with van der Waals surface area (Å²) in [6.07, 6.45) is 3.43. The second-order valence-corrected chi connectivity index (χ2v) is 7.53. The average Bonchev–Trinajstić information content (AvgIpc) is 3.07. The van der Waals surface area contributed by atoms with Gasteiger partial charge in [-0.3, -0.25) is 0 Å². The molecule has 0 bridgehead atoms. The molecule has 6 nitrogen and oxygen atoms in total. The van der Waals surface area contributed by atoms with Crippen LogP contribution in [-0.4, -0.2) is 33.6 Å². The summed E-state index contributed by atoms with van der Waals surface area (Å²) in [4.78, 5) is 11.7. The fourth-order valence-electron chi connectivity index (χ4n) is 2.41. The highest BCUT2D eigenvalue weighted by Gasteiger charge is 2.37. The first-order chi connectivity index (χ1) is 9.42. The molecule has 2 rings (SSSR count). The Morgan fingerprint density at radius 2 is 2.15 bits per heavy atom. The fraction of sp³-hybridized carbons (Fsp3) is 0.583. The molecule has 1 saturated carbocycles. The Kier molecular flexibility index (Phi) is 4.48. The quantitative estimate of drug-likeness (QED) is 0.792. The van der Waals surface area contributed by atoms with Gasteiger partial charge in [0.05, 0.1) is 12.0 Å². The smallest absolute Gasteiger partial charge is 0.348 e. The van der Waals surface area contributed by atoms with Crippen LogP contribution in [0.2, 0.25) is 0 Å². The molecule has 1 aromatic heterocycles. The zero-order chi connectivity index (χ0) is 14.8. The lowest BCUT2D eigenvalue weighted by molar-refractivity contribution is 0.0606. The normalized spacial score (nSPS) is 18.1. The second kappa shape index (κ2) is 5.80. The van der Waals surface area contributed by atoms with Crippen molar-refractivity contribution in [1.82, 2.24) is 4.72 Å². The molecule has 1 aliphatic rings. The molecule has 0 spiro atoms. The van der Waals surface area contributed by atoms with E-state index in [-0.39, 0.29) is 16.3 Å². The third-order valence-corrected chi connectivity index (χ3v) is 6.19. The molecule has 0 atom stereocenters. The van der Waals surface area contributed by atoms with Gasteiger partial charge < -0.3 is 10.5 Å². The van der Waals surface area contributed by atoms with Crippen LogP contribution in [0.25, 0.3) is 0 Å². The number of thiophene rings is 1. The molecule has 20 heavy (non-hydrogen) atoms. The maximum absolute atomic E-state index is 12.4. The number of carbonyl (C=O) groups is 1. The van der Waals surface area contributed by atoms with Gasteiger partial charge in [0.2, 0.25) is 10.0 Å². The SMILES string of the molecule is COC(=O)c1cc(S(=O)(=O)NC2(CN)CCCC2)cs1. The molecule has 0 saturated heterocycles. The number of hydrogen-bond donors (Lipinski definition) is 2. The molecular weight excluding hydrogens is 300 g/mol. The van der Waals surface area contributed by atoms with Gasteiger partial charge in [-0.05, 0) is 18.9 Å². The Morgan fingerprint density at radius 1 is 1.50 bits per heavy atom. The van der Waals surface area contributed by atoms with Crippen LogP contribution in [0.15, 0.2) is 16.3 Å². The highest BCUT2D eigenvalue weighted by molar-refractivity contribution is 7.89. The maximum Gasteiger partial charge on any atom is 0.348 e. The van der Waals surface area contributed by atoms with E-state index in [0.717, 1.165) is 37.0 Å². The van der Waals surface area contributed by atoms with Crippen LogP contribution >= 0.6 is 11.3 Å². The molecule has 0 radical (unpaired) electrons. The number of nitrogens with one attached hydrogen (secondary N) is 1. The van der Waals surface area contributed by atoms with Gasteiger partial charge in [0.1, 0.15) is 4.88 Å². The minimum atomic E-state index is -3.66. The van der Waals surface area contributed by atoms with Gasteiger partial charge >= 0.3 is 5.97 Å². The van der Waals surface area contributed by atoms with E-state index >= 15 is 0 Å². The van der Waals surface area contributed by atoms with E-state index in [1.165, 1.54) is 18.6 Å². The van der Waals surface area contributed by atoms with Crippen molar-refractivity contribution in [1.29, 1.82) is 0 Å². The molecule has 1 heterocycles. The lowest BCUT2D eigenvalue weighted by atomic mass is 10.0. The molecule has 0 unspecified atom stereocenters. The highest BCUT2D eigenvalue weighted by atomic mass is 32.2. The Bertz CT molecular complexity index is 588. The minimum Gasteiger partial charge on any atom is -0.465 e. The van der Waals surface area contributed by atoms with E-state index in [1.807, 2.05) is 0 Å². The Balaban J connectivity index is 2.22. The first kappa shape index (κ1) is 15.4. The number of ether oxygens (including phenoxy) is 1. The number of rotatable bonds is 5. The number of carbonyl (C=O) groups excluding carboxylic acids is 1. The number of sulfonamides is 1. The highest BCUT2D eigenvalue weighted by Crippen LogP contribution is 2.31. The zero-order valence-corrected chi connectivity index (χ0v) is 12.9. The lowest BCUT2D eigenvalue weighted by Gasteiger charge is -2.27. The number of methoxy groups -OCH3 is 1. The van der Waals surface area contributed by atoms with E-state index in [2.05, 4.69) is 9.46 Å². The van der Waals surface area contributed by atoms with Gasteiger partial charge in [-0.25, -0.2) is 17.9 Å². The van der Waals surface area contributed by atoms with Crippen LogP contribution in [0, 0.1) is 0 Å². The average molecular weight is 318 g/mol. The van der Waals surface area contributed by atoms with E-state index in [0.29, 0.717) is 0 Å². The van der Waals surface area contributed by atoms with Crippen molar-refractivity contribution in [2.75, 3.05) is 13.7 Å². The van der Waals surface area contributed by atoms with Crippen molar-refractivity contribution in [3.63, 3.8) is 0 Å². The number of esters is 1. The van der Waals surface area contributed by atoms with Crippen molar-refractivity contribution in [2.45, 2.75) is 36.1 Å². The van der Waals surface area contributed by atoms with Gasteiger partial charge in [0.25, 0.3) is 0 Å². The summed E-state index contributed by atoms with van der Waals surface area (Å²) in [5.74, 6) is -0.536. The molecule has 112 valence electrons. The molecule has 8 heteroatoms. The molecule has 1 aliphatic carbocycles. The van der Waals surface area contributed by atoms with E-state index < -0.39 is 21.5 Å². The topological polar surface area (TPSA) is 98.5 Å². The molecule has 0 aliphatic heterocycles. The molecule has 1 aromatic rings. The predicted octanol–water partition coefficient (Wildman–Crippen LogP) is 1.08. The van der Waals surface area contributed by atoms with Gasteiger partial charge in [-0.15, -0.1) is 11.3 Å². The minimum absolute atomic E-state index is 0.0858. The van der Waals surface area contributed by atoms with Crippen LogP contribution in [0.3, 0.4) is 0 Å². The van der Waals surface area contributed by atoms with Crippen LogP contribution < -0.4 is 10.5 Å². The lowest BCUT2D eigenvalue weighted by Crippen LogP contribution is -2.51. The number of hydrogen-bond acceptors (Lipinski definition) is 6. The molecular formula is C12H18N2O4S2. The van der Waals surface area contributed by atoms with Crippen molar-refractivity contribution >= 4 is 27.3 Å². The summed E-state index contributed by atoms with van der Waals surface area (Å²) in [6.45, 7) is 0.278. The summed E-state index contributed by atoms with van der Waals surface area (Å²) in [5.41, 5.74) is 5.18. The second-order valence-electron chi connectivity index (χ2n) is 4.94. The summed E-state index contributed by atoms with van der Waals surface area (Å²) >= 11 is 1.05. The largest absolute Gasteiger partial charge is 0.465 e. The summed E-state index contributed by atoms with van der Waals surface area (Å²) in [6, 6.07) is 1.33. The Hall–Kier alpha value is -0.960. The predicted molar refractivity (Wildman–Crippen MR) is 76.2 cm³/mol. The fourth-order valence-corrected chi connectivity index (χ4v) is 5.07. The van der Waals surface area contributed by atoms with Crippen molar-refractivity contribution < 1.29 is 17.9 Å². The first-order valence-corrected chi connectivity index (χ1v) is 8.70. The first-order valence-electron chi connectivity index (χ1n) is 6.33. The third-order valence-electron chi connectivity index (χ3n) is 3.57. The van der Waals surface area contributed by atoms with Gasteiger partial charge in [0, 0.05) is 17.5 Å². The maximum atomic E-state index is 12.4. The van der Waals surface area contributed by atoms with Gasteiger partial charge in [-0.1, -0.05) is 12.8 Å². The van der Waals surface area contributed by atoms with Gasteiger partial charge in [-0.2, -0.15) is 0 Å². The van der Waals surface area contributed by atoms with Crippen molar-refractivity contribution in [3.8, 4) is 0 Å². The van der Waals surface area contributed by atoms with Crippen LogP contribution in [0.4, 0.5) is 0 Å². The molecule has 0 amide bonds. The molecule has 0 aromatic carbocycles.